The number of nitrogens with zero attached hydrogens (tertiary/aromatic N) is 2. The summed E-state index contributed by atoms with van der Waals surface area (Å²) < 4.78 is 27.7. The van der Waals surface area contributed by atoms with Crippen molar-refractivity contribution in [2.75, 3.05) is 0 Å². The van der Waals surface area contributed by atoms with Crippen molar-refractivity contribution in [2.24, 2.45) is 7.05 Å². The van der Waals surface area contributed by atoms with Crippen LogP contribution in [0.3, 0.4) is 0 Å². The van der Waals surface area contributed by atoms with Crippen LogP contribution < -0.4 is 4.72 Å². The number of sulfonamides is 1. The predicted octanol–water partition coefficient (Wildman–Crippen LogP) is 0.227. The van der Waals surface area contributed by atoms with Gasteiger partial charge in [0.05, 0.1) is 12.5 Å². The van der Waals surface area contributed by atoms with Gasteiger partial charge < -0.3 is 9.55 Å². The number of aromatic amines is 1. The Bertz CT molecular complexity index is 556. The van der Waals surface area contributed by atoms with E-state index in [1.807, 2.05) is 30.1 Å². The SMILES string of the molecule is Cn1ccc(CNS(=O)(=O)c2cnc[nH]2)c1. The van der Waals surface area contributed by atoms with Crippen LogP contribution in [0.25, 0.3) is 0 Å². The van der Waals surface area contributed by atoms with E-state index in [-0.39, 0.29) is 11.6 Å². The molecule has 2 heterocycles. The number of hydrogen-bond donors (Lipinski definition) is 2. The fraction of sp³-hybridized carbons (Fsp3) is 0.222. The highest BCUT2D eigenvalue weighted by atomic mass is 32.2. The molecule has 2 aromatic rings. The van der Waals surface area contributed by atoms with Gasteiger partial charge in [0.25, 0.3) is 10.0 Å². The molecule has 0 spiro atoms. The second-order valence-electron chi connectivity index (χ2n) is 3.43. The molecule has 0 amide bonds. The molecule has 0 aromatic carbocycles. The topological polar surface area (TPSA) is 79.8 Å². The van der Waals surface area contributed by atoms with Crippen molar-refractivity contribution in [1.29, 1.82) is 0 Å². The summed E-state index contributed by atoms with van der Waals surface area (Å²) in [4.78, 5) is 6.22. The van der Waals surface area contributed by atoms with Gasteiger partial charge in [0.1, 0.15) is 0 Å². The molecule has 16 heavy (non-hydrogen) atoms. The second kappa shape index (κ2) is 4.11. The molecule has 0 saturated carbocycles. The van der Waals surface area contributed by atoms with Crippen LogP contribution in [0.15, 0.2) is 36.0 Å². The van der Waals surface area contributed by atoms with Crippen molar-refractivity contribution in [3.8, 4) is 0 Å². The molecule has 0 unspecified atom stereocenters. The first-order valence-corrected chi connectivity index (χ1v) is 6.15. The van der Waals surface area contributed by atoms with E-state index in [0.29, 0.717) is 0 Å². The second-order valence-corrected chi connectivity index (χ2v) is 5.16. The Balaban J connectivity index is 2.06. The van der Waals surface area contributed by atoms with Crippen LogP contribution in [0.2, 0.25) is 0 Å². The highest BCUT2D eigenvalue weighted by Crippen LogP contribution is 2.05. The van der Waals surface area contributed by atoms with E-state index in [2.05, 4.69) is 14.7 Å². The number of aryl methyl sites for hydroxylation is 1. The number of H-pyrrole nitrogens is 1. The molecule has 0 fully saturated rings. The number of aromatic nitrogens is 3. The number of rotatable bonds is 4. The van der Waals surface area contributed by atoms with Gasteiger partial charge in [-0.1, -0.05) is 0 Å². The van der Waals surface area contributed by atoms with Crippen molar-refractivity contribution >= 4 is 10.0 Å². The van der Waals surface area contributed by atoms with E-state index in [1.165, 1.54) is 12.5 Å². The van der Waals surface area contributed by atoms with E-state index >= 15 is 0 Å². The van der Waals surface area contributed by atoms with Gasteiger partial charge in [0.2, 0.25) is 0 Å². The minimum atomic E-state index is -3.48. The third-order valence-corrected chi connectivity index (χ3v) is 3.45. The molecule has 2 N–H and O–H groups in total. The zero-order chi connectivity index (χ0) is 11.6. The first kappa shape index (κ1) is 10.9. The van der Waals surface area contributed by atoms with Crippen molar-refractivity contribution in [2.45, 2.75) is 11.6 Å². The summed E-state index contributed by atoms with van der Waals surface area (Å²) in [5, 5.41) is 0.0726. The third kappa shape index (κ3) is 2.31. The standard InChI is InChI=1S/C9H12N4O2S/c1-13-3-2-8(6-13)4-12-16(14,15)9-5-10-7-11-9/h2-3,5-7,12H,4H2,1H3,(H,10,11). The van der Waals surface area contributed by atoms with Gasteiger partial charge in [-0.2, -0.15) is 0 Å². The lowest BCUT2D eigenvalue weighted by Crippen LogP contribution is -2.23. The highest BCUT2D eigenvalue weighted by Gasteiger charge is 2.14. The lowest BCUT2D eigenvalue weighted by molar-refractivity contribution is 0.578. The molecule has 0 bridgehead atoms. The molecule has 0 radical (unpaired) electrons. The van der Waals surface area contributed by atoms with E-state index in [9.17, 15) is 8.42 Å². The molecule has 0 aliphatic carbocycles. The highest BCUT2D eigenvalue weighted by molar-refractivity contribution is 7.89. The van der Waals surface area contributed by atoms with Crippen LogP contribution in [-0.4, -0.2) is 23.0 Å². The van der Waals surface area contributed by atoms with E-state index in [4.69, 9.17) is 0 Å². The van der Waals surface area contributed by atoms with Crippen LogP contribution in [0.4, 0.5) is 0 Å². The zero-order valence-corrected chi connectivity index (χ0v) is 9.53. The molecular formula is C9H12N4O2S. The smallest absolute Gasteiger partial charge is 0.257 e. The van der Waals surface area contributed by atoms with Crippen molar-refractivity contribution in [3.63, 3.8) is 0 Å². The summed E-state index contributed by atoms with van der Waals surface area (Å²) in [6.07, 6.45) is 6.32. The van der Waals surface area contributed by atoms with Crippen molar-refractivity contribution in [3.05, 3.63) is 36.5 Å². The molecule has 2 aromatic heterocycles. The Labute approximate surface area is 93.4 Å². The number of nitrogens with one attached hydrogen (secondary N) is 2. The Morgan fingerprint density at radius 2 is 2.38 bits per heavy atom. The summed E-state index contributed by atoms with van der Waals surface area (Å²) in [6, 6.07) is 1.86. The predicted molar refractivity (Wildman–Crippen MR) is 58.0 cm³/mol. The summed E-state index contributed by atoms with van der Waals surface area (Å²) in [5.41, 5.74) is 0.908. The summed E-state index contributed by atoms with van der Waals surface area (Å²) >= 11 is 0. The maximum absolute atomic E-state index is 11.7. The maximum Gasteiger partial charge on any atom is 0.257 e. The number of imidazole rings is 1. The van der Waals surface area contributed by atoms with Crippen LogP contribution in [-0.2, 0) is 23.6 Å². The van der Waals surface area contributed by atoms with Gasteiger partial charge in [-0.05, 0) is 11.6 Å². The molecule has 0 atom stereocenters. The Morgan fingerprint density at radius 1 is 1.56 bits per heavy atom. The normalized spacial score (nSPS) is 11.8. The molecule has 6 nitrogen and oxygen atoms in total. The molecule has 0 aliphatic rings. The third-order valence-electron chi connectivity index (χ3n) is 2.12. The van der Waals surface area contributed by atoms with Gasteiger partial charge in [-0.25, -0.2) is 18.1 Å². The van der Waals surface area contributed by atoms with Crippen molar-refractivity contribution in [1.82, 2.24) is 19.3 Å². The van der Waals surface area contributed by atoms with E-state index in [0.717, 1.165) is 5.56 Å². The maximum atomic E-state index is 11.7. The van der Waals surface area contributed by atoms with Gasteiger partial charge >= 0.3 is 0 Å². The van der Waals surface area contributed by atoms with Crippen LogP contribution in [0, 0.1) is 0 Å². The summed E-state index contributed by atoms with van der Waals surface area (Å²) in [7, 11) is -1.60. The monoisotopic (exact) mass is 240 g/mol. The van der Waals surface area contributed by atoms with Crippen LogP contribution in [0.5, 0.6) is 0 Å². The zero-order valence-electron chi connectivity index (χ0n) is 8.71. The average molecular weight is 240 g/mol. The summed E-state index contributed by atoms with van der Waals surface area (Å²) in [6.45, 7) is 0.266. The first-order valence-electron chi connectivity index (χ1n) is 4.67. The van der Waals surface area contributed by atoms with Gasteiger partial charge in [-0.15, -0.1) is 0 Å². The largest absolute Gasteiger partial charge is 0.357 e. The van der Waals surface area contributed by atoms with Crippen LogP contribution >= 0.6 is 0 Å². The first-order chi connectivity index (χ1) is 7.58. The Kier molecular flexibility index (Phi) is 2.80. The number of hydrogen-bond acceptors (Lipinski definition) is 3. The Morgan fingerprint density at radius 3 is 2.94 bits per heavy atom. The van der Waals surface area contributed by atoms with E-state index in [1.54, 1.807) is 0 Å². The van der Waals surface area contributed by atoms with Crippen LogP contribution in [0.1, 0.15) is 5.56 Å². The van der Waals surface area contributed by atoms with Crippen molar-refractivity contribution < 1.29 is 8.42 Å². The molecular weight excluding hydrogens is 228 g/mol. The molecule has 0 saturated heterocycles. The molecule has 7 heteroatoms. The minimum absolute atomic E-state index is 0.0726. The Hall–Kier alpha value is -1.60. The minimum Gasteiger partial charge on any atom is -0.357 e. The average Bonchev–Trinajstić information content (AvgIpc) is 2.85. The molecule has 2 rings (SSSR count). The van der Waals surface area contributed by atoms with Gasteiger partial charge in [-0.3, -0.25) is 0 Å². The lowest BCUT2D eigenvalue weighted by Gasteiger charge is -2.02. The molecule has 0 aliphatic heterocycles. The molecule has 86 valence electrons. The quantitative estimate of drug-likeness (QED) is 0.802. The fourth-order valence-electron chi connectivity index (χ4n) is 1.31. The van der Waals surface area contributed by atoms with E-state index < -0.39 is 10.0 Å². The fourth-order valence-corrected chi connectivity index (χ4v) is 2.23. The van der Waals surface area contributed by atoms with Gasteiger partial charge in [0.15, 0.2) is 5.03 Å². The van der Waals surface area contributed by atoms with Gasteiger partial charge in [0, 0.05) is 26.0 Å². The summed E-state index contributed by atoms with van der Waals surface area (Å²) in [5.74, 6) is 0. The lowest BCUT2D eigenvalue weighted by atomic mass is 10.4.